The van der Waals surface area contributed by atoms with E-state index in [1.165, 1.54) is 16.7 Å². The van der Waals surface area contributed by atoms with E-state index in [0.717, 1.165) is 77.6 Å². The van der Waals surface area contributed by atoms with Crippen LogP contribution in [0, 0.1) is 0 Å². The molecule has 2 heterocycles. The van der Waals surface area contributed by atoms with Gasteiger partial charge in [0, 0.05) is 38.5 Å². The summed E-state index contributed by atoms with van der Waals surface area (Å²) in [7, 11) is 0. The van der Waals surface area contributed by atoms with Crippen molar-refractivity contribution in [2.75, 3.05) is 4.90 Å². The number of hydrogen-bond donors (Lipinski definition) is 0. The summed E-state index contributed by atoms with van der Waals surface area (Å²) in [4.78, 5) is 2.29. The molecule has 0 aliphatic rings. The van der Waals surface area contributed by atoms with Crippen molar-refractivity contribution in [3.63, 3.8) is 0 Å². The molecule has 3 heteroatoms. The van der Waals surface area contributed by atoms with E-state index in [4.69, 9.17) is 8.83 Å². The van der Waals surface area contributed by atoms with Crippen LogP contribution in [0.1, 0.15) is 0 Å². The van der Waals surface area contributed by atoms with Gasteiger partial charge in [0.05, 0.1) is 5.69 Å². The van der Waals surface area contributed by atoms with Gasteiger partial charge in [-0.2, -0.15) is 0 Å². The van der Waals surface area contributed by atoms with Gasteiger partial charge in [0.2, 0.25) is 0 Å². The van der Waals surface area contributed by atoms with Crippen LogP contribution in [0.25, 0.3) is 77.3 Å². The maximum Gasteiger partial charge on any atom is 0.159 e. The summed E-state index contributed by atoms with van der Waals surface area (Å²) in [5.74, 6) is 0. The number of rotatable bonds is 6. The first-order chi connectivity index (χ1) is 25.3. The third-order valence-electron chi connectivity index (χ3n) is 9.88. The Bertz CT molecular complexity index is 2830. The minimum atomic E-state index is 0.856. The molecule has 10 rings (SSSR count). The summed E-state index contributed by atoms with van der Waals surface area (Å²) >= 11 is 0. The maximum atomic E-state index is 6.57. The molecular formula is C48H31NO2. The van der Waals surface area contributed by atoms with Crippen LogP contribution in [-0.2, 0) is 0 Å². The van der Waals surface area contributed by atoms with Crippen molar-refractivity contribution in [1.82, 2.24) is 0 Å². The number of nitrogens with zero attached hydrogens (tertiary/aromatic N) is 1. The normalized spacial score (nSPS) is 11.5. The molecule has 10 aromatic rings. The second kappa shape index (κ2) is 11.9. The number of furan rings is 2. The Morgan fingerprint density at radius 2 is 0.804 bits per heavy atom. The lowest BCUT2D eigenvalue weighted by Gasteiger charge is -2.26. The Hall–Kier alpha value is -6.84. The van der Waals surface area contributed by atoms with Crippen LogP contribution < -0.4 is 4.90 Å². The molecule has 240 valence electrons. The summed E-state index contributed by atoms with van der Waals surface area (Å²) in [6, 6.07) is 66.1. The number of para-hydroxylation sites is 3. The van der Waals surface area contributed by atoms with Crippen LogP contribution in [0.15, 0.2) is 197 Å². The summed E-state index contributed by atoms with van der Waals surface area (Å²) in [6.07, 6.45) is 0. The third-order valence-corrected chi connectivity index (χ3v) is 9.88. The van der Waals surface area contributed by atoms with E-state index in [2.05, 4.69) is 163 Å². The Morgan fingerprint density at radius 3 is 1.45 bits per heavy atom. The van der Waals surface area contributed by atoms with Gasteiger partial charge in [-0.25, -0.2) is 0 Å². The number of hydrogen-bond acceptors (Lipinski definition) is 3. The van der Waals surface area contributed by atoms with E-state index >= 15 is 0 Å². The van der Waals surface area contributed by atoms with Crippen molar-refractivity contribution in [1.29, 1.82) is 0 Å². The molecule has 0 saturated carbocycles. The molecule has 0 aliphatic carbocycles. The average molecular weight is 654 g/mol. The van der Waals surface area contributed by atoms with E-state index < -0.39 is 0 Å². The molecule has 0 fully saturated rings. The zero-order valence-corrected chi connectivity index (χ0v) is 27.7. The van der Waals surface area contributed by atoms with Gasteiger partial charge in [0.25, 0.3) is 0 Å². The topological polar surface area (TPSA) is 29.5 Å². The van der Waals surface area contributed by atoms with Crippen molar-refractivity contribution in [2.24, 2.45) is 0 Å². The molecular weight excluding hydrogens is 623 g/mol. The fourth-order valence-corrected chi connectivity index (χ4v) is 7.40. The molecule has 2 aromatic heterocycles. The van der Waals surface area contributed by atoms with E-state index in [1.807, 2.05) is 30.3 Å². The largest absolute Gasteiger partial charge is 0.455 e. The van der Waals surface area contributed by atoms with Crippen LogP contribution in [0.3, 0.4) is 0 Å². The number of benzene rings is 8. The van der Waals surface area contributed by atoms with Gasteiger partial charge in [-0.3, -0.25) is 0 Å². The Kier molecular flexibility index (Phi) is 6.81. The highest BCUT2D eigenvalue weighted by atomic mass is 16.3. The molecule has 0 bridgehead atoms. The van der Waals surface area contributed by atoms with Crippen molar-refractivity contribution in [3.05, 3.63) is 188 Å². The van der Waals surface area contributed by atoms with Crippen molar-refractivity contribution < 1.29 is 8.83 Å². The first kappa shape index (κ1) is 29.1. The predicted molar refractivity (Wildman–Crippen MR) is 212 cm³/mol. The van der Waals surface area contributed by atoms with Crippen molar-refractivity contribution in [2.45, 2.75) is 0 Å². The van der Waals surface area contributed by atoms with Gasteiger partial charge in [0.15, 0.2) is 5.58 Å². The standard InChI is InChI=1S/C48H31NO2/c1-3-12-32(13-4-1)34-22-26-37(27-23-34)49(44-19-11-18-41-39-16-7-9-20-45(39)51-48(41)44)38-28-24-35(25-29-38)42-30-36(33-14-5-2-6-15-33)31-43-40-17-8-10-21-46(40)50-47(42)43/h1-31H. The second-order valence-corrected chi connectivity index (χ2v) is 12.9. The Balaban J connectivity index is 1.14. The minimum absolute atomic E-state index is 0.856. The molecule has 0 aliphatic heterocycles. The highest BCUT2D eigenvalue weighted by molar-refractivity contribution is 6.12. The zero-order valence-electron chi connectivity index (χ0n) is 27.7. The molecule has 8 aromatic carbocycles. The highest BCUT2D eigenvalue weighted by Crippen LogP contribution is 2.44. The van der Waals surface area contributed by atoms with E-state index in [0.29, 0.717) is 0 Å². The number of anilines is 3. The van der Waals surface area contributed by atoms with Crippen LogP contribution in [-0.4, -0.2) is 0 Å². The van der Waals surface area contributed by atoms with Gasteiger partial charge in [0.1, 0.15) is 16.7 Å². The second-order valence-electron chi connectivity index (χ2n) is 12.9. The van der Waals surface area contributed by atoms with Gasteiger partial charge >= 0.3 is 0 Å². The molecule has 0 atom stereocenters. The van der Waals surface area contributed by atoms with Gasteiger partial charge < -0.3 is 13.7 Å². The fraction of sp³-hybridized carbons (Fsp3) is 0. The molecule has 51 heavy (non-hydrogen) atoms. The predicted octanol–water partition coefficient (Wildman–Crippen LogP) is 14.0. The van der Waals surface area contributed by atoms with Gasteiger partial charge in [-0.1, -0.05) is 133 Å². The maximum absolute atomic E-state index is 6.57. The van der Waals surface area contributed by atoms with Crippen molar-refractivity contribution >= 4 is 60.9 Å². The lowest BCUT2D eigenvalue weighted by molar-refractivity contribution is 0.669. The molecule has 3 nitrogen and oxygen atoms in total. The van der Waals surface area contributed by atoms with Crippen LogP contribution in [0.2, 0.25) is 0 Å². The molecule has 0 saturated heterocycles. The quantitative estimate of drug-likeness (QED) is 0.179. The lowest BCUT2D eigenvalue weighted by atomic mass is 9.95. The summed E-state index contributed by atoms with van der Waals surface area (Å²) < 4.78 is 13.1. The number of fused-ring (bicyclic) bond motifs is 6. The Labute approximate surface area is 295 Å². The van der Waals surface area contributed by atoms with Gasteiger partial charge in [-0.15, -0.1) is 0 Å². The van der Waals surface area contributed by atoms with Crippen molar-refractivity contribution in [3.8, 4) is 33.4 Å². The summed E-state index contributed by atoms with van der Waals surface area (Å²) in [6.45, 7) is 0. The first-order valence-corrected chi connectivity index (χ1v) is 17.3. The third kappa shape index (κ3) is 4.98. The summed E-state index contributed by atoms with van der Waals surface area (Å²) in [5, 5.41) is 4.43. The minimum Gasteiger partial charge on any atom is -0.455 e. The molecule has 0 spiro atoms. The highest BCUT2D eigenvalue weighted by Gasteiger charge is 2.20. The average Bonchev–Trinajstić information content (AvgIpc) is 3.78. The smallest absolute Gasteiger partial charge is 0.159 e. The fourth-order valence-electron chi connectivity index (χ4n) is 7.40. The summed E-state index contributed by atoms with van der Waals surface area (Å²) in [5.41, 5.74) is 13.4. The first-order valence-electron chi connectivity index (χ1n) is 17.3. The molecule has 0 N–H and O–H groups in total. The molecule has 0 radical (unpaired) electrons. The zero-order chi connectivity index (χ0) is 33.7. The van der Waals surface area contributed by atoms with Gasteiger partial charge in [-0.05, 0) is 82.4 Å². The molecule has 0 unspecified atom stereocenters. The van der Waals surface area contributed by atoms with Crippen LogP contribution >= 0.6 is 0 Å². The SMILES string of the molecule is c1ccc(-c2ccc(N(c3ccc(-c4cc(-c5ccccc5)cc5c4oc4ccccc45)cc3)c3cccc4c3oc3ccccc34)cc2)cc1. The van der Waals surface area contributed by atoms with E-state index in [-0.39, 0.29) is 0 Å². The Morgan fingerprint density at radius 1 is 0.314 bits per heavy atom. The van der Waals surface area contributed by atoms with Crippen LogP contribution in [0.5, 0.6) is 0 Å². The van der Waals surface area contributed by atoms with E-state index in [1.54, 1.807) is 0 Å². The lowest BCUT2D eigenvalue weighted by Crippen LogP contribution is -2.10. The van der Waals surface area contributed by atoms with Crippen LogP contribution in [0.4, 0.5) is 17.1 Å². The van der Waals surface area contributed by atoms with E-state index in [9.17, 15) is 0 Å². The monoisotopic (exact) mass is 653 g/mol. The molecule has 0 amide bonds.